The van der Waals surface area contributed by atoms with Crippen LogP contribution in [-0.4, -0.2) is 30.8 Å². The number of aryl methyl sites for hydroxylation is 4. The van der Waals surface area contributed by atoms with Gasteiger partial charge in [0.05, 0.1) is 23.8 Å². The van der Waals surface area contributed by atoms with Crippen LogP contribution < -0.4 is 18.9 Å². The fourth-order valence-corrected chi connectivity index (χ4v) is 11.8. The molecule has 8 aromatic carbocycles. The predicted octanol–water partition coefficient (Wildman–Crippen LogP) is 16.1. The third kappa shape index (κ3) is 10.3. The molecule has 384 valence electrons. The molecule has 8 aromatic rings. The molecule has 8 nitrogen and oxygen atoms in total. The van der Waals surface area contributed by atoms with Crippen LogP contribution in [0.3, 0.4) is 0 Å². The Morgan fingerprint density at radius 2 is 0.671 bits per heavy atom. The number of ketones is 1. The molecule has 0 amide bonds. The van der Waals surface area contributed by atoms with Gasteiger partial charge in [0.25, 0.3) is 0 Å². The van der Waals surface area contributed by atoms with Crippen molar-refractivity contribution >= 4 is 34.5 Å². The molecule has 0 bridgehead atoms. The first-order valence-electron chi connectivity index (χ1n) is 26.6. The van der Waals surface area contributed by atoms with E-state index in [1.165, 1.54) is 17.5 Å². The SMILES string of the molecule is COc1ccc(C2(c3ccc(OC(=O)c4ccc5cc(C(=O)Oc6ccc(C7(c8ccc(OC(=O)c9ccc(-c%10ccc(C(C)=O)cc%10)cc9)c(C)c8)CCCCC7)cc6C)ccc5c4)c(C)c3)CCCCC2)cc1C. The maximum absolute atomic E-state index is 13.8. The molecule has 76 heavy (non-hydrogen) atoms. The predicted molar refractivity (Wildman–Crippen MR) is 300 cm³/mol. The van der Waals surface area contributed by atoms with Crippen LogP contribution in [0.2, 0.25) is 0 Å². The molecule has 0 N–H and O–H groups in total. The minimum Gasteiger partial charge on any atom is -0.496 e. The van der Waals surface area contributed by atoms with E-state index in [-0.39, 0.29) is 16.6 Å². The van der Waals surface area contributed by atoms with E-state index in [2.05, 4.69) is 61.5 Å². The van der Waals surface area contributed by atoms with Gasteiger partial charge in [-0.05, 0) is 187 Å². The van der Waals surface area contributed by atoms with Crippen LogP contribution >= 0.6 is 0 Å². The van der Waals surface area contributed by atoms with Crippen molar-refractivity contribution in [3.8, 4) is 34.1 Å². The lowest BCUT2D eigenvalue weighted by molar-refractivity contribution is 0.0723. The molecule has 2 aliphatic rings. The molecule has 2 saturated carbocycles. The number of hydrogen-bond donors (Lipinski definition) is 0. The fourth-order valence-electron chi connectivity index (χ4n) is 11.8. The molecule has 0 unspecified atom stereocenters. The number of carbonyl (C=O) groups is 4. The first-order chi connectivity index (χ1) is 36.7. The van der Waals surface area contributed by atoms with E-state index < -0.39 is 17.9 Å². The molecular formula is C68H64O8. The summed E-state index contributed by atoms with van der Waals surface area (Å²) in [4.78, 5) is 52.5. The minimum atomic E-state index is -0.471. The summed E-state index contributed by atoms with van der Waals surface area (Å²) in [6, 6.07) is 50.5. The van der Waals surface area contributed by atoms with Crippen LogP contribution in [0.4, 0.5) is 0 Å². The molecule has 2 aliphatic carbocycles. The largest absolute Gasteiger partial charge is 0.496 e. The zero-order valence-electron chi connectivity index (χ0n) is 44.3. The number of benzene rings is 8. The number of esters is 3. The number of Topliss-reactive ketones (excluding diaryl/α,β-unsaturated/α-hetero) is 1. The Labute approximate surface area is 446 Å². The van der Waals surface area contributed by atoms with Crippen molar-refractivity contribution in [1.82, 2.24) is 0 Å². The van der Waals surface area contributed by atoms with Crippen LogP contribution in [-0.2, 0) is 10.8 Å². The van der Waals surface area contributed by atoms with Crippen molar-refractivity contribution in [2.45, 2.75) is 110 Å². The Kier molecular flexibility index (Phi) is 14.6. The molecule has 0 aliphatic heterocycles. The summed E-state index contributed by atoms with van der Waals surface area (Å²) in [5.74, 6) is 1.08. The van der Waals surface area contributed by atoms with Gasteiger partial charge in [0.15, 0.2) is 5.78 Å². The first-order valence-corrected chi connectivity index (χ1v) is 26.6. The van der Waals surface area contributed by atoms with Crippen LogP contribution in [0.1, 0.15) is 157 Å². The number of rotatable bonds is 13. The van der Waals surface area contributed by atoms with Crippen molar-refractivity contribution in [1.29, 1.82) is 0 Å². The zero-order valence-corrected chi connectivity index (χ0v) is 44.3. The van der Waals surface area contributed by atoms with Crippen LogP contribution in [0.15, 0.2) is 158 Å². The molecular weight excluding hydrogens is 945 g/mol. The third-order valence-corrected chi connectivity index (χ3v) is 16.2. The topological polar surface area (TPSA) is 105 Å². The van der Waals surface area contributed by atoms with Gasteiger partial charge in [-0.3, -0.25) is 4.79 Å². The van der Waals surface area contributed by atoms with Crippen molar-refractivity contribution in [3.05, 3.63) is 224 Å². The maximum atomic E-state index is 13.8. The van der Waals surface area contributed by atoms with Gasteiger partial charge in [0, 0.05) is 16.4 Å². The number of hydrogen-bond acceptors (Lipinski definition) is 8. The van der Waals surface area contributed by atoms with Crippen molar-refractivity contribution in [3.63, 3.8) is 0 Å². The molecule has 10 rings (SSSR count). The first kappa shape index (κ1) is 51.4. The summed E-state index contributed by atoms with van der Waals surface area (Å²) >= 11 is 0. The number of carbonyl (C=O) groups excluding carboxylic acids is 4. The second-order valence-electron chi connectivity index (χ2n) is 21.1. The van der Waals surface area contributed by atoms with Gasteiger partial charge in [0.2, 0.25) is 0 Å². The average molecular weight is 1010 g/mol. The molecule has 0 radical (unpaired) electrons. The third-order valence-electron chi connectivity index (χ3n) is 16.2. The second-order valence-corrected chi connectivity index (χ2v) is 21.1. The minimum absolute atomic E-state index is 0.0165. The Bertz CT molecular complexity index is 3520. The van der Waals surface area contributed by atoms with Gasteiger partial charge >= 0.3 is 17.9 Å². The molecule has 8 heteroatoms. The maximum Gasteiger partial charge on any atom is 0.343 e. The van der Waals surface area contributed by atoms with E-state index in [4.69, 9.17) is 18.9 Å². The van der Waals surface area contributed by atoms with Gasteiger partial charge in [0.1, 0.15) is 23.0 Å². The summed E-state index contributed by atoms with van der Waals surface area (Å²) in [6.45, 7) is 9.59. The molecule has 0 aromatic heterocycles. The standard InChI is InChI=1S/C68H64O8/c1-43-37-56(25-29-60(43)73-6)67(33-9-7-10-34-67)57-27-31-62(45(3)39-57)75-65(71)54-23-21-53-42-55(24-22-52(53)41-54)66(72)76-63-32-28-59(40-46(63)4)68(35-11-8-12-36-68)58-26-30-61(44(2)38-58)74-64(70)51-19-17-50(18-20-51)49-15-13-48(14-16-49)47(5)69/h13-32,37-42H,7-12,33-36H2,1-6H3. The normalized spacial score (nSPS) is 14.9. The molecule has 2 fully saturated rings. The average Bonchev–Trinajstić information content (AvgIpc) is 3.46. The van der Waals surface area contributed by atoms with Gasteiger partial charge in [-0.2, -0.15) is 0 Å². The smallest absolute Gasteiger partial charge is 0.343 e. The highest BCUT2D eigenvalue weighted by molar-refractivity contribution is 6.00. The lowest BCUT2D eigenvalue weighted by Gasteiger charge is -2.39. The lowest BCUT2D eigenvalue weighted by Crippen LogP contribution is -2.30. The second kappa shape index (κ2) is 21.6. The molecule has 0 atom stereocenters. The van der Waals surface area contributed by atoms with Crippen LogP contribution in [0.5, 0.6) is 23.0 Å². The Morgan fingerprint density at radius 3 is 1.00 bits per heavy atom. The fraction of sp³-hybridized carbons (Fsp3) is 0.265. The van der Waals surface area contributed by atoms with Gasteiger partial charge in [-0.1, -0.05) is 136 Å². The van der Waals surface area contributed by atoms with E-state index in [0.29, 0.717) is 39.5 Å². The lowest BCUT2D eigenvalue weighted by atomic mass is 9.65. The number of fused-ring (bicyclic) bond motifs is 1. The van der Waals surface area contributed by atoms with Crippen LogP contribution in [0.25, 0.3) is 21.9 Å². The van der Waals surface area contributed by atoms with Crippen molar-refractivity contribution in [2.75, 3.05) is 7.11 Å². The van der Waals surface area contributed by atoms with Gasteiger partial charge in [-0.25, -0.2) is 14.4 Å². The summed E-state index contributed by atoms with van der Waals surface area (Å²) < 4.78 is 23.6. The Balaban J connectivity index is 0.797. The van der Waals surface area contributed by atoms with E-state index >= 15 is 0 Å². The number of ether oxygens (including phenoxy) is 4. The van der Waals surface area contributed by atoms with Gasteiger partial charge < -0.3 is 18.9 Å². The Morgan fingerprint density at radius 1 is 0.355 bits per heavy atom. The summed E-state index contributed by atoms with van der Waals surface area (Å²) in [5, 5.41) is 1.59. The summed E-state index contributed by atoms with van der Waals surface area (Å²) in [7, 11) is 1.71. The summed E-state index contributed by atoms with van der Waals surface area (Å²) in [6.07, 6.45) is 10.9. The molecule has 0 spiro atoms. The highest BCUT2D eigenvalue weighted by Gasteiger charge is 2.38. The van der Waals surface area contributed by atoms with Crippen LogP contribution in [0, 0.1) is 27.7 Å². The van der Waals surface area contributed by atoms with Crippen molar-refractivity contribution in [2.24, 2.45) is 0 Å². The highest BCUT2D eigenvalue weighted by Crippen LogP contribution is 2.48. The van der Waals surface area contributed by atoms with Gasteiger partial charge in [-0.15, -0.1) is 0 Å². The van der Waals surface area contributed by atoms with Crippen molar-refractivity contribution < 1.29 is 38.1 Å². The molecule has 0 heterocycles. The van der Waals surface area contributed by atoms with E-state index in [1.807, 2.05) is 75.4 Å². The highest BCUT2D eigenvalue weighted by atomic mass is 16.5. The Hall–Kier alpha value is -8.10. The quantitative estimate of drug-likeness (QED) is 0.0639. The van der Waals surface area contributed by atoms with E-state index in [1.54, 1.807) is 62.6 Å². The number of methoxy groups -OCH3 is 1. The van der Waals surface area contributed by atoms with E-state index in [9.17, 15) is 19.2 Å². The summed E-state index contributed by atoms with van der Waals surface area (Å²) in [5.41, 5.74) is 12.0. The van der Waals surface area contributed by atoms with E-state index in [0.717, 1.165) is 119 Å². The zero-order chi connectivity index (χ0) is 53.1. The molecule has 0 saturated heterocycles. The monoisotopic (exact) mass is 1010 g/mol.